The molecular formula is C10H20OSi. The Kier molecular flexibility index (Phi) is 5.08. The molecule has 0 saturated carbocycles. The van der Waals surface area contributed by atoms with Gasteiger partial charge in [0.05, 0.1) is 6.11 Å². The van der Waals surface area contributed by atoms with Crippen LogP contribution in [0.25, 0.3) is 0 Å². The third-order valence-electron chi connectivity index (χ3n) is 1.37. The fourth-order valence-electron chi connectivity index (χ4n) is 0.648. The first-order chi connectivity index (χ1) is 5.42. The van der Waals surface area contributed by atoms with Crippen LogP contribution >= 0.6 is 0 Å². The molecule has 0 N–H and O–H groups in total. The van der Waals surface area contributed by atoms with Gasteiger partial charge in [0, 0.05) is 6.42 Å². The minimum absolute atomic E-state index is 0.393. The molecule has 0 radical (unpaired) electrons. The third kappa shape index (κ3) is 9.58. The fraction of sp³-hybridized carbons (Fsp3) is 0.800. The molecule has 0 aromatic carbocycles. The molecule has 0 saturated heterocycles. The van der Waals surface area contributed by atoms with E-state index in [0.717, 1.165) is 12.8 Å². The highest BCUT2D eigenvalue weighted by atomic mass is 28.3. The van der Waals surface area contributed by atoms with Crippen LogP contribution in [0.5, 0.6) is 0 Å². The van der Waals surface area contributed by atoms with Crippen LogP contribution in [0.1, 0.15) is 33.6 Å². The Bertz CT molecular complexity index is 169. The van der Waals surface area contributed by atoms with Gasteiger partial charge in [0.2, 0.25) is 9.04 Å². The number of hydrogen-bond donors (Lipinski definition) is 0. The molecule has 0 atom stereocenters. The molecule has 2 heteroatoms. The van der Waals surface area contributed by atoms with Crippen LogP contribution in [-0.4, -0.2) is 9.04 Å². The summed E-state index contributed by atoms with van der Waals surface area (Å²) in [6.07, 6.45) is 4.86. The topological polar surface area (TPSA) is 9.23 Å². The Morgan fingerprint density at radius 3 is 2.25 bits per heavy atom. The van der Waals surface area contributed by atoms with E-state index in [1.54, 1.807) is 0 Å². The average Bonchev–Trinajstić information content (AvgIpc) is 1.83. The van der Waals surface area contributed by atoms with Crippen LogP contribution < -0.4 is 0 Å². The third-order valence-corrected chi connectivity index (χ3v) is 1.96. The van der Waals surface area contributed by atoms with Gasteiger partial charge in [-0.05, 0) is 24.9 Å². The zero-order valence-corrected chi connectivity index (χ0v) is 10.1. The minimum atomic E-state index is -0.929. The maximum Gasteiger partial charge on any atom is 0.244 e. The van der Waals surface area contributed by atoms with Gasteiger partial charge in [0.1, 0.15) is 0 Å². The van der Waals surface area contributed by atoms with E-state index >= 15 is 0 Å². The highest BCUT2D eigenvalue weighted by Crippen LogP contribution is 2.19. The molecule has 0 unspecified atom stereocenters. The monoisotopic (exact) mass is 184 g/mol. The Balaban J connectivity index is 3.47. The molecule has 0 spiro atoms. The summed E-state index contributed by atoms with van der Waals surface area (Å²) in [6, 6.07) is 0. The molecule has 0 aliphatic carbocycles. The van der Waals surface area contributed by atoms with Gasteiger partial charge in [-0.1, -0.05) is 26.7 Å². The molecule has 0 amide bonds. The fourth-order valence-corrected chi connectivity index (χ4v) is 0.967. The van der Waals surface area contributed by atoms with Crippen molar-refractivity contribution in [2.45, 2.75) is 46.7 Å². The molecular weight excluding hydrogens is 164 g/mol. The van der Waals surface area contributed by atoms with Crippen molar-refractivity contribution >= 4 is 9.04 Å². The standard InChI is InChI=1S/C10H20OSi/c1-10(2,3)8-6-7-9-11-12(4)5/h12H,6,8H2,1-5H3. The second-order valence-electron chi connectivity index (χ2n) is 4.51. The molecule has 0 aromatic rings. The van der Waals surface area contributed by atoms with Crippen LogP contribution in [0.4, 0.5) is 0 Å². The first-order valence-electron chi connectivity index (χ1n) is 4.55. The zero-order valence-electron chi connectivity index (χ0n) is 8.90. The van der Waals surface area contributed by atoms with Crippen molar-refractivity contribution in [3.8, 4) is 12.0 Å². The van der Waals surface area contributed by atoms with E-state index < -0.39 is 9.04 Å². The van der Waals surface area contributed by atoms with Crippen molar-refractivity contribution in [2.24, 2.45) is 5.41 Å². The maximum absolute atomic E-state index is 5.23. The van der Waals surface area contributed by atoms with Gasteiger partial charge in [-0.2, -0.15) is 0 Å². The molecule has 0 rings (SSSR count). The van der Waals surface area contributed by atoms with Gasteiger partial charge in [0.15, 0.2) is 0 Å². The molecule has 0 heterocycles. The second-order valence-corrected chi connectivity index (χ2v) is 6.84. The summed E-state index contributed by atoms with van der Waals surface area (Å²) >= 11 is 0. The average molecular weight is 184 g/mol. The van der Waals surface area contributed by atoms with Crippen molar-refractivity contribution in [1.82, 2.24) is 0 Å². The van der Waals surface area contributed by atoms with E-state index in [1.807, 2.05) is 0 Å². The highest BCUT2D eigenvalue weighted by molar-refractivity contribution is 6.48. The molecule has 0 bridgehead atoms. The van der Waals surface area contributed by atoms with E-state index in [9.17, 15) is 0 Å². The van der Waals surface area contributed by atoms with Crippen LogP contribution in [-0.2, 0) is 4.43 Å². The van der Waals surface area contributed by atoms with E-state index in [4.69, 9.17) is 4.43 Å². The van der Waals surface area contributed by atoms with E-state index in [0.29, 0.717) is 5.41 Å². The maximum atomic E-state index is 5.23. The minimum Gasteiger partial charge on any atom is -0.505 e. The summed E-state index contributed by atoms with van der Waals surface area (Å²) in [5.74, 6) is 3.04. The quantitative estimate of drug-likeness (QED) is 0.474. The summed E-state index contributed by atoms with van der Waals surface area (Å²) in [5, 5.41) is 0. The molecule has 12 heavy (non-hydrogen) atoms. The van der Waals surface area contributed by atoms with Crippen molar-refractivity contribution < 1.29 is 4.43 Å². The van der Waals surface area contributed by atoms with Gasteiger partial charge in [-0.25, -0.2) is 0 Å². The first kappa shape index (κ1) is 11.6. The summed E-state index contributed by atoms with van der Waals surface area (Å²) in [5.41, 5.74) is 0.393. The van der Waals surface area contributed by atoms with Gasteiger partial charge in [-0.15, -0.1) is 0 Å². The Hall–Kier alpha value is -0.423. The molecule has 0 fully saturated rings. The van der Waals surface area contributed by atoms with Crippen LogP contribution in [0.2, 0.25) is 13.1 Å². The smallest absolute Gasteiger partial charge is 0.244 e. The molecule has 0 aromatic heterocycles. The predicted octanol–water partition coefficient (Wildman–Crippen LogP) is 2.77. The van der Waals surface area contributed by atoms with Crippen LogP contribution in [0, 0.1) is 17.4 Å². The van der Waals surface area contributed by atoms with Gasteiger partial charge in [-0.3, -0.25) is 0 Å². The number of rotatable bonds is 2. The molecule has 0 aliphatic heterocycles. The van der Waals surface area contributed by atoms with Crippen LogP contribution in [0.15, 0.2) is 0 Å². The lowest BCUT2D eigenvalue weighted by Crippen LogP contribution is -2.04. The van der Waals surface area contributed by atoms with Crippen molar-refractivity contribution in [2.75, 3.05) is 0 Å². The van der Waals surface area contributed by atoms with Crippen LogP contribution in [0.3, 0.4) is 0 Å². The summed E-state index contributed by atoms with van der Waals surface area (Å²) in [6.45, 7) is 10.9. The SMILES string of the molecule is C[SiH](C)OC#CCCC(C)(C)C. The summed E-state index contributed by atoms with van der Waals surface area (Å²) < 4.78 is 5.23. The Morgan fingerprint density at radius 2 is 1.83 bits per heavy atom. The van der Waals surface area contributed by atoms with Gasteiger partial charge >= 0.3 is 0 Å². The zero-order chi connectivity index (χ0) is 9.61. The van der Waals surface area contributed by atoms with Crippen molar-refractivity contribution in [3.63, 3.8) is 0 Å². The second kappa shape index (κ2) is 5.26. The van der Waals surface area contributed by atoms with E-state index in [-0.39, 0.29) is 0 Å². The van der Waals surface area contributed by atoms with E-state index in [1.165, 1.54) is 0 Å². The Labute approximate surface area is 78.2 Å². The van der Waals surface area contributed by atoms with Crippen molar-refractivity contribution in [3.05, 3.63) is 0 Å². The number of hydrogen-bond acceptors (Lipinski definition) is 1. The normalized spacial score (nSPS) is 10.8. The lowest BCUT2D eigenvalue weighted by atomic mass is 9.91. The summed E-state index contributed by atoms with van der Waals surface area (Å²) in [4.78, 5) is 0. The van der Waals surface area contributed by atoms with Crippen molar-refractivity contribution in [1.29, 1.82) is 0 Å². The lowest BCUT2D eigenvalue weighted by molar-refractivity contribution is 0.383. The molecule has 1 nitrogen and oxygen atoms in total. The first-order valence-corrected chi connectivity index (χ1v) is 7.33. The molecule has 70 valence electrons. The lowest BCUT2D eigenvalue weighted by Gasteiger charge is -2.15. The predicted molar refractivity (Wildman–Crippen MR) is 56.4 cm³/mol. The Morgan fingerprint density at radius 1 is 1.25 bits per heavy atom. The summed E-state index contributed by atoms with van der Waals surface area (Å²) in [7, 11) is -0.929. The molecule has 0 aliphatic rings. The van der Waals surface area contributed by atoms with Gasteiger partial charge in [0.25, 0.3) is 0 Å². The van der Waals surface area contributed by atoms with Gasteiger partial charge < -0.3 is 4.43 Å². The highest BCUT2D eigenvalue weighted by Gasteiger charge is 2.07. The van der Waals surface area contributed by atoms with E-state index in [2.05, 4.69) is 45.9 Å². The largest absolute Gasteiger partial charge is 0.505 e.